The fourth-order valence-electron chi connectivity index (χ4n) is 3.19. The molecular weight excluding hydrogens is 460 g/mol. The summed E-state index contributed by atoms with van der Waals surface area (Å²) in [7, 11) is 0. The average molecular weight is 491 g/mol. The minimum Gasteiger partial charge on any atom is -0.462 e. The number of rotatable bonds is 10. The maximum atomic E-state index is 12.6. The maximum Gasteiger partial charge on any atom is 0.338 e. The minimum atomic E-state index is -0.362. The summed E-state index contributed by atoms with van der Waals surface area (Å²) in [5.41, 5.74) is 3.39. The van der Waals surface area contributed by atoms with Gasteiger partial charge in [0.25, 0.3) is 5.91 Å². The molecule has 0 bridgehead atoms. The summed E-state index contributed by atoms with van der Waals surface area (Å²) >= 11 is 1.42. The molecule has 1 unspecified atom stereocenters. The molecule has 6 nitrogen and oxygen atoms in total. The molecule has 3 aromatic rings. The van der Waals surface area contributed by atoms with Gasteiger partial charge in [-0.25, -0.2) is 4.79 Å². The molecule has 0 aliphatic heterocycles. The Balaban J connectivity index is 1.50. The Kier molecular flexibility index (Phi) is 9.49. The molecule has 0 aliphatic rings. The monoisotopic (exact) mass is 490 g/mol. The van der Waals surface area contributed by atoms with Crippen molar-refractivity contribution in [1.82, 2.24) is 0 Å². The highest BCUT2D eigenvalue weighted by atomic mass is 32.2. The molecule has 1 atom stereocenters. The van der Waals surface area contributed by atoms with E-state index < -0.39 is 0 Å². The van der Waals surface area contributed by atoms with E-state index >= 15 is 0 Å². The molecule has 3 rings (SSSR count). The zero-order valence-corrected chi connectivity index (χ0v) is 21.0. The Morgan fingerprint density at radius 1 is 0.886 bits per heavy atom. The fourth-order valence-corrected chi connectivity index (χ4v) is 4.06. The smallest absolute Gasteiger partial charge is 0.338 e. The van der Waals surface area contributed by atoms with Crippen molar-refractivity contribution in [3.05, 3.63) is 89.5 Å². The van der Waals surface area contributed by atoms with Crippen molar-refractivity contribution in [3.63, 3.8) is 0 Å². The van der Waals surface area contributed by atoms with Crippen LogP contribution in [-0.2, 0) is 9.53 Å². The van der Waals surface area contributed by atoms with Crippen LogP contribution in [0.3, 0.4) is 0 Å². The van der Waals surface area contributed by atoms with Crippen LogP contribution in [0, 0.1) is 6.92 Å². The lowest BCUT2D eigenvalue weighted by Crippen LogP contribution is -2.22. The molecule has 0 saturated heterocycles. The molecule has 0 spiro atoms. The summed E-state index contributed by atoms with van der Waals surface area (Å²) in [5, 5.41) is 5.41. The van der Waals surface area contributed by atoms with Gasteiger partial charge in [0.2, 0.25) is 5.91 Å². The van der Waals surface area contributed by atoms with Crippen molar-refractivity contribution >= 4 is 40.9 Å². The van der Waals surface area contributed by atoms with E-state index in [1.54, 1.807) is 30.3 Å². The van der Waals surface area contributed by atoms with Crippen LogP contribution in [0.15, 0.2) is 77.7 Å². The number of amides is 2. The molecule has 35 heavy (non-hydrogen) atoms. The first kappa shape index (κ1) is 26.0. The normalized spacial score (nSPS) is 11.4. The number of carbonyl (C=O) groups is 3. The number of nitrogens with one attached hydrogen (secondary N) is 2. The second kappa shape index (κ2) is 12.8. The van der Waals surface area contributed by atoms with Crippen LogP contribution in [0.4, 0.5) is 11.4 Å². The number of carbonyl (C=O) groups excluding carboxylic acids is 3. The molecular formula is C28H30N2O4S. The number of aryl methyl sites for hydroxylation is 1. The fraction of sp³-hybridized carbons (Fsp3) is 0.250. The predicted molar refractivity (Wildman–Crippen MR) is 141 cm³/mol. The Labute approximate surface area is 210 Å². The highest BCUT2D eigenvalue weighted by Crippen LogP contribution is 2.26. The number of ether oxygens (including phenoxy) is 1. The first-order valence-corrected chi connectivity index (χ1v) is 12.5. The summed E-state index contributed by atoms with van der Waals surface area (Å²) < 4.78 is 5.20. The molecule has 0 fully saturated rings. The molecule has 3 aromatic carbocycles. The Hall–Kier alpha value is -3.58. The number of hydrogen-bond donors (Lipinski definition) is 2. The Bertz CT molecular complexity index is 1160. The summed E-state index contributed by atoms with van der Waals surface area (Å²) in [6, 6.07) is 21.5. The van der Waals surface area contributed by atoms with Gasteiger partial charge in [0.05, 0.1) is 17.4 Å². The summed E-state index contributed by atoms with van der Waals surface area (Å²) in [6.07, 6.45) is 1.80. The number of benzene rings is 3. The van der Waals surface area contributed by atoms with Crippen molar-refractivity contribution in [2.75, 3.05) is 17.2 Å². The van der Waals surface area contributed by atoms with Crippen molar-refractivity contribution in [3.8, 4) is 0 Å². The lowest BCUT2D eigenvalue weighted by Gasteiger charge is -2.13. The van der Waals surface area contributed by atoms with Crippen LogP contribution in [-0.4, -0.2) is 29.6 Å². The van der Waals surface area contributed by atoms with Crippen LogP contribution >= 0.6 is 11.8 Å². The van der Waals surface area contributed by atoms with Crippen LogP contribution in [0.5, 0.6) is 0 Å². The third-order valence-electron chi connectivity index (χ3n) is 5.19. The molecule has 0 aliphatic carbocycles. The molecule has 0 saturated carbocycles. The number of esters is 1. The van der Waals surface area contributed by atoms with Gasteiger partial charge in [-0.2, -0.15) is 0 Å². The van der Waals surface area contributed by atoms with Crippen molar-refractivity contribution in [2.24, 2.45) is 0 Å². The van der Waals surface area contributed by atoms with Gasteiger partial charge in [0.15, 0.2) is 0 Å². The van der Waals surface area contributed by atoms with Crippen LogP contribution < -0.4 is 10.6 Å². The van der Waals surface area contributed by atoms with E-state index in [0.717, 1.165) is 23.3 Å². The lowest BCUT2D eigenvalue weighted by atomic mass is 10.1. The van der Waals surface area contributed by atoms with Gasteiger partial charge in [-0.3, -0.25) is 9.59 Å². The van der Waals surface area contributed by atoms with E-state index in [-0.39, 0.29) is 23.0 Å². The average Bonchev–Trinajstić information content (AvgIpc) is 2.85. The number of unbranched alkanes of at least 4 members (excludes halogenated alkanes) is 1. The van der Waals surface area contributed by atoms with Gasteiger partial charge in [-0.05, 0) is 80.9 Å². The molecule has 2 amide bonds. The van der Waals surface area contributed by atoms with Crippen molar-refractivity contribution in [2.45, 2.75) is 43.8 Å². The number of hydrogen-bond acceptors (Lipinski definition) is 5. The highest BCUT2D eigenvalue weighted by Gasteiger charge is 2.15. The third kappa shape index (κ3) is 8.00. The predicted octanol–water partition coefficient (Wildman–Crippen LogP) is 6.32. The standard InChI is InChI=1S/C28H30N2O4S/c1-4-5-17-34-28(33)21-9-11-23(12-10-21)29-26(31)20(3)35-25-15-13-24(14-16-25)30-27(32)22-8-6-7-19(2)18-22/h6-16,18,20H,4-5,17H2,1-3H3,(H,29,31)(H,30,32). The molecule has 0 aromatic heterocycles. The summed E-state index contributed by atoms with van der Waals surface area (Å²) in [5.74, 6) is -0.675. The SMILES string of the molecule is CCCCOC(=O)c1ccc(NC(=O)C(C)Sc2ccc(NC(=O)c3cccc(C)c3)cc2)cc1. The van der Waals surface area contributed by atoms with Gasteiger partial charge >= 0.3 is 5.97 Å². The third-order valence-corrected chi connectivity index (χ3v) is 6.31. The van der Waals surface area contributed by atoms with E-state index in [0.29, 0.717) is 29.1 Å². The van der Waals surface area contributed by atoms with Gasteiger partial charge < -0.3 is 15.4 Å². The molecule has 7 heteroatoms. The van der Waals surface area contributed by atoms with E-state index in [1.807, 2.05) is 63.2 Å². The van der Waals surface area contributed by atoms with Crippen LogP contribution in [0.2, 0.25) is 0 Å². The summed E-state index contributed by atoms with van der Waals surface area (Å²) in [6.45, 7) is 6.21. The van der Waals surface area contributed by atoms with Gasteiger partial charge in [-0.1, -0.05) is 31.0 Å². The van der Waals surface area contributed by atoms with Gasteiger partial charge in [-0.15, -0.1) is 11.8 Å². The minimum absolute atomic E-state index is 0.148. The van der Waals surface area contributed by atoms with Crippen molar-refractivity contribution < 1.29 is 19.1 Å². The zero-order valence-electron chi connectivity index (χ0n) is 20.2. The molecule has 2 N–H and O–H groups in total. The zero-order chi connectivity index (χ0) is 25.2. The van der Waals surface area contributed by atoms with Crippen LogP contribution in [0.25, 0.3) is 0 Å². The maximum absolute atomic E-state index is 12.6. The van der Waals surface area contributed by atoms with Crippen LogP contribution in [0.1, 0.15) is 53.0 Å². The number of thioether (sulfide) groups is 1. The van der Waals surface area contributed by atoms with Gasteiger partial charge in [0, 0.05) is 21.8 Å². The topological polar surface area (TPSA) is 84.5 Å². The molecule has 0 radical (unpaired) electrons. The van der Waals surface area contributed by atoms with E-state index in [2.05, 4.69) is 10.6 Å². The lowest BCUT2D eigenvalue weighted by molar-refractivity contribution is -0.115. The Morgan fingerprint density at radius 3 is 2.20 bits per heavy atom. The van der Waals surface area contributed by atoms with E-state index in [1.165, 1.54) is 11.8 Å². The highest BCUT2D eigenvalue weighted by molar-refractivity contribution is 8.00. The second-order valence-corrected chi connectivity index (χ2v) is 9.58. The van der Waals surface area contributed by atoms with E-state index in [4.69, 9.17) is 4.74 Å². The first-order chi connectivity index (χ1) is 16.9. The Morgan fingerprint density at radius 2 is 1.54 bits per heavy atom. The first-order valence-electron chi connectivity index (χ1n) is 11.6. The van der Waals surface area contributed by atoms with Crippen molar-refractivity contribution in [1.29, 1.82) is 0 Å². The molecule has 182 valence electrons. The molecule has 0 heterocycles. The van der Waals surface area contributed by atoms with Gasteiger partial charge in [0.1, 0.15) is 0 Å². The largest absolute Gasteiger partial charge is 0.462 e. The second-order valence-electron chi connectivity index (χ2n) is 8.16. The number of anilines is 2. The van der Waals surface area contributed by atoms with E-state index in [9.17, 15) is 14.4 Å². The summed E-state index contributed by atoms with van der Waals surface area (Å²) in [4.78, 5) is 37.9. The quantitative estimate of drug-likeness (QED) is 0.197.